The van der Waals surface area contributed by atoms with Gasteiger partial charge in [-0.3, -0.25) is 4.79 Å². The zero-order valence-electron chi connectivity index (χ0n) is 11.9. The Morgan fingerprint density at radius 2 is 2.00 bits per heavy atom. The second-order valence-corrected chi connectivity index (χ2v) is 5.03. The molecule has 0 aromatic heterocycles. The van der Waals surface area contributed by atoms with Crippen LogP contribution in [0.25, 0.3) is 0 Å². The maximum Gasteiger partial charge on any atom is 0.312 e. The summed E-state index contributed by atoms with van der Waals surface area (Å²) in [6.07, 6.45) is 0. The van der Waals surface area contributed by atoms with Gasteiger partial charge in [0.1, 0.15) is 11.9 Å². The first-order valence-corrected chi connectivity index (χ1v) is 6.40. The summed E-state index contributed by atoms with van der Waals surface area (Å²) in [6.45, 7) is 5.46. The Morgan fingerprint density at radius 3 is 2.50 bits per heavy atom. The Bertz CT molecular complexity index is 503. The van der Waals surface area contributed by atoms with E-state index in [-0.39, 0.29) is 24.2 Å². The highest BCUT2D eigenvalue weighted by atomic mass is 19.1. The highest BCUT2D eigenvalue weighted by Gasteiger charge is 2.22. The molecular weight excluding hydrogens is 261 g/mol. The van der Waals surface area contributed by atoms with Gasteiger partial charge in [-0.2, -0.15) is 0 Å². The van der Waals surface area contributed by atoms with Gasteiger partial charge in [0.25, 0.3) is 0 Å². The van der Waals surface area contributed by atoms with E-state index >= 15 is 0 Å². The molecule has 0 fully saturated rings. The van der Waals surface area contributed by atoms with E-state index in [2.05, 4.69) is 10.6 Å². The van der Waals surface area contributed by atoms with Crippen LogP contribution < -0.4 is 16.4 Å². The van der Waals surface area contributed by atoms with E-state index in [1.54, 1.807) is 32.9 Å². The molecule has 0 aliphatic carbocycles. The van der Waals surface area contributed by atoms with Gasteiger partial charge >= 0.3 is 6.03 Å². The SMILES string of the molecule is Cc1ccc(CNC(=O)C(NC(N)=O)C(C)C)cc1F. The second-order valence-electron chi connectivity index (χ2n) is 5.03. The van der Waals surface area contributed by atoms with Crippen LogP contribution in [0.5, 0.6) is 0 Å². The Labute approximate surface area is 117 Å². The van der Waals surface area contributed by atoms with Gasteiger partial charge in [-0.25, -0.2) is 9.18 Å². The summed E-state index contributed by atoms with van der Waals surface area (Å²) in [7, 11) is 0. The van der Waals surface area contributed by atoms with Gasteiger partial charge in [-0.1, -0.05) is 26.0 Å². The van der Waals surface area contributed by atoms with Crippen LogP contribution in [-0.4, -0.2) is 18.0 Å². The molecule has 6 heteroatoms. The summed E-state index contributed by atoms with van der Waals surface area (Å²) in [6, 6.07) is 3.31. The standard InChI is InChI=1S/C14H20FN3O2/c1-8(2)12(18-14(16)20)13(19)17-7-10-5-4-9(3)11(15)6-10/h4-6,8,12H,7H2,1-3H3,(H,17,19)(H3,16,18,20). The summed E-state index contributed by atoms with van der Waals surface area (Å²) in [4.78, 5) is 22.8. The van der Waals surface area contributed by atoms with Crippen molar-refractivity contribution in [2.24, 2.45) is 11.7 Å². The van der Waals surface area contributed by atoms with Gasteiger partial charge in [0.2, 0.25) is 5.91 Å². The van der Waals surface area contributed by atoms with Crippen molar-refractivity contribution >= 4 is 11.9 Å². The molecule has 0 heterocycles. The Kier molecular flexibility index (Phi) is 5.49. The number of aryl methyl sites for hydroxylation is 1. The van der Waals surface area contributed by atoms with Gasteiger partial charge in [-0.05, 0) is 30.0 Å². The zero-order chi connectivity index (χ0) is 15.3. The molecule has 110 valence electrons. The number of hydrogen-bond donors (Lipinski definition) is 3. The average molecular weight is 281 g/mol. The number of carbonyl (C=O) groups excluding carboxylic acids is 2. The van der Waals surface area contributed by atoms with Crippen molar-refractivity contribution in [1.29, 1.82) is 0 Å². The Balaban J connectivity index is 2.64. The second kappa shape index (κ2) is 6.88. The van der Waals surface area contributed by atoms with Crippen LogP contribution in [0.15, 0.2) is 18.2 Å². The maximum absolute atomic E-state index is 13.4. The zero-order valence-corrected chi connectivity index (χ0v) is 11.9. The van der Waals surface area contributed by atoms with Crippen molar-refractivity contribution in [1.82, 2.24) is 10.6 Å². The summed E-state index contributed by atoms with van der Waals surface area (Å²) < 4.78 is 13.4. The number of benzene rings is 1. The number of urea groups is 1. The summed E-state index contributed by atoms with van der Waals surface area (Å²) in [5.41, 5.74) is 6.24. The van der Waals surface area contributed by atoms with E-state index in [4.69, 9.17) is 5.73 Å². The number of hydrogen-bond acceptors (Lipinski definition) is 2. The molecule has 1 aromatic carbocycles. The minimum atomic E-state index is -0.750. The van der Waals surface area contributed by atoms with Crippen LogP contribution in [0.2, 0.25) is 0 Å². The smallest absolute Gasteiger partial charge is 0.312 e. The van der Waals surface area contributed by atoms with Gasteiger partial charge in [0.15, 0.2) is 0 Å². The maximum atomic E-state index is 13.4. The Morgan fingerprint density at radius 1 is 1.35 bits per heavy atom. The fourth-order valence-corrected chi connectivity index (χ4v) is 1.73. The summed E-state index contributed by atoms with van der Waals surface area (Å²) >= 11 is 0. The molecule has 20 heavy (non-hydrogen) atoms. The summed E-state index contributed by atoms with van der Waals surface area (Å²) in [5.74, 6) is -0.760. The average Bonchev–Trinajstić information content (AvgIpc) is 2.36. The van der Waals surface area contributed by atoms with E-state index < -0.39 is 12.1 Å². The fourth-order valence-electron chi connectivity index (χ4n) is 1.73. The van der Waals surface area contributed by atoms with Crippen molar-refractivity contribution < 1.29 is 14.0 Å². The van der Waals surface area contributed by atoms with Crippen LogP contribution in [0.4, 0.5) is 9.18 Å². The molecule has 1 atom stereocenters. The number of rotatable bonds is 5. The van der Waals surface area contributed by atoms with Crippen molar-refractivity contribution in [2.45, 2.75) is 33.4 Å². The number of carbonyl (C=O) groups is 2. The topological polar surface area (TPSA) is 84.2 Å². The van der Waals surface area contributed by atoms with E-state index in [9.17, 15) is 14.0 Å². The van der Waals surface area contributed by atoms with E-state index in [0.717, 1.165) is 0 Å². The molecule has 3 amide bonds. The predicted molar refractivity (Wildman–Crippen MR) is 74.3 cm³/mol. The molecule has 0 radical (unpaired) electrons. The van der Waals surface area contributed by atoms with Gasteiger partial charge in [0.05, 0.1) is 0 Å². The molecule has 0 spiro atoms. The highest BCUT2D eigenvalue weighted by Crippen LogP contribution is 2.09. The van der Waals surface area contributed by atoms with Gasteiger partial charge in [0, 0.05) is 6.54 Å². The molecule has 0 aliphatic heterocycles. The number of primary amides is 1. The van der Waals surface area contributed by atoms with Gasteiger partial charge < -0.3 is 16.4 Å². The van der Waals surface area contributed by atoms with Crippen molar-refractivity contribution in [3.63, 3.8) is 0 Å². The van der Waals surface area contributed by atoms with Crippen LogP contribution in [0.1, 0.15) is 25.0 Å². The molecule has 5 nitrogen and oxygen atoms in total. The number of amides is 3. The lowest BCUT2D eigenvalue weighted by molar-refractivity contribution is -0.124. The molecule has 0 saturated heterocycles. The first kappa shape index (κ1) is 15.9. The number of nitrogens with one attached hydrogen (secondary N) is 2. The van der Waals surface area contributed by atoms with Crippen LogP contribution in [0.3, 0.4) is 0 Å². The third-order valence-electron chi connectivity index (χ3n) is 2.95. The quantitative estimate of drug-likeness (QED) is 0.763. The minimum absolute atomic E-state index is 0.0998. The lowest BCUT2D eigenvalue weighted by Crippen LogP contribution is -2.51. The lowest BCUT2D eigenvalue weighted by atomic mass is 10.0. The molecule has 4 N–H and O–H groups in total. The van der Waals surface area contributed by atoms with Crippen molar-refractivity contribution in [3.05, 3.63) is 35.1 Å². The molecule has 1 aromatic rings. The third-order valence-corrected chi connectivity index (χ3v) is 2.95. The number of halogens is 1. The Hall–Kier alpha value is -2.11. The fraction of sp³-hybridized carbons (Fsp3) is 0.429. The van der Waals surface area contributed by atoms with E-state index in [0.29, 0.717) is 11.1 Å². The lowest BCUT2D eigenvalue weighted by Gasteiger charge is -2.20. The minimum Gasteiger partial charge on any atom is -0.352 e. The van der Waals surface area contributed by atoms with Crippen molar-refractivity contribution in [3.8, 4) is 0 Å². The van der Waals surface area contributed by atoms with E-state index in [1.165, 1.54) is 6.07 Å². The van der Waals surface area contributed by atoms with E-state index in [1.807, 2.05) is 0 Å². The molecule has 1 unspecified atom stereocenters. The molecule has 0 aliphatic rings. The predicted octanol–water partition coefficient (Wildman–Crippen LogP) is 1.44. The molecule has 1 rings (SSSR count). The number of nitrogens with two attached hydrogens (primary N) is 1. The first-order chi connectivity index (χ1) is 9.31. The molecule has 0 bridgehead atoms. The van der Waals surface area contributed by atoms with Crippen LogP contribution in [0, 0.1) is 18.7 Å². The third kappa shape index (κ3) is 4.53. The van der Waals surface area contributed by atoms with Gasteiger partial charge in [-0.15, -0.1) is 0 Å². The first-order valence-electron chi connectivity index (χ1n) is 6.40. The highest BCUT2D eigenvalue weighted by molar-refractivity contribution is 5.86. The molecular formula is C14H20FN3O2. The molecule has 0 saturated carbocycles. The van der Waals surface area contributed by atoms with Crippen molar-refractivity contribution in [2.75, 3.05) is 0 Å². The van der Waals surface area contributed by atoms with Crippen LogP contribution >= 0.6 is 0 Å². The largest absolute Gasteiger partial charge is 0.352 e. The monoisotopic (exact) mass is 281 g/mol. The summed E-state index contributed by atoms with van der Waals surface area (Å²) in [5, 5.41) is 5.05. The normalized spacial score (nSPS) is 12.1. The van der Waals surface area contributed by atoms with Crippen LogP contribution in [-0.2, 0) is 11.3 Å².